The van der Waals surface area contributed by atoms with Gasteiger partial charge >= 0.3 is 6.09 Å². The minimum Gasteiger partial charge on any atom is -0.446 e. The number of hydrogen-bond donors (Lipinski definition) is 1. The van der Waals surface area contributed by atoms with Crippen LogP contribution in [0, 0.1) is 17.8 Å². The van der Waals surface area contributed by atoms with Crippen LogP contribution < -0.4 is 5.73 Å². The minimum absolute atomic E-state index is 0.0382. The number of carbonyl (C=O) groups excluding carboxylic acids is 1. The van der Waals surface area contributed by atoms with Gasteiger partial charge in [-0.05, 0) is 30.6 Å². The maximum absolute atomic E-state index is 10.7. The molecular weight excluding hydrogens is 178 g/mol. The molecule has 14 heavy (non-hydrogen) atoms. The van der Waals surface area contributed by atoms with Gasteiger partial charge in [0.2, 0.25) is 0 Å². The normalized spacial score (nSPS) is 33.0. The molecule has 0 spiro atoms. The highest BCUT2D eigenvalue weighted by Crippen LogP contribution is 2.35. The molecule has 1 fully saturated rings. The molecule has 0 aliphatic heterocycles. The Kier molecular flexibility index (Phi) is 3.78. The van der Waals surface area contributed by atoms with Gasteiger partial charge in [-0.25, -0.2) is 4.79 Å². The van der Waals surface area contributed by atoms with Crippen molar-refractivity contribution in [3.8, 4) is 0 Å². The predicted octanol–water partition coefficient (Wildman–Crippen LogP) is 2.54. The van der Waals surface area contributed by atoms with Gasteiger partial charge in [0.15, 0.2) is 0 Å². The summed E-state index contributed by atoms with van der Waals surface area (Å²) in [5.41, 5.74) is 5.07. The third kappa shape index (κ3) is 2.89. The van der Waals surface area contributed by atoms with Crippen molar-refractivity contribution in [2.45, 2.75) is 46.1 Å². The van der Waals surface area contributed by atoms with Crippen molar-refractivity contribution >= 4 is 6.09 Å². The number of primary amides is 1. The number of rotatable bonds is 2. The van der Waals surface area contributed by atoms with E-state index in [1.807, 2.05) is 0 Å². The molecule has 1 aliphatic rings. The predicted molar refractivity (Wildman–Crippen MR) is 55.8 cm³/mol. The molecule has 1 saturated carbocycles. The first-order chi connectivity index (χ1) is 6.50. The summed E-state index contributed by atoms with van der Waals surface area (Å²) in [4.78, 5) is 10.7. The fraction of sp³-hybridized carbons (Fsp3) is 0.909. The Hall–Kier alpha value is -0.730. The summed E-state index contributed by atoms with van der Waals surface area (Å²) in [5, 5.41) is 0. The average Bonchev–Trinajstić information content (AvgIpc) is 2.01. The lowest BCUT2D eigenvalue weighted by molar-refractivity contribution is 0.0105. The molecule has 0 aromatic heterocycles. The number of carbonyl (C=O) groups is 1. The Bertz CT molecular complexity index is 203. The molecule has 0 unspecified atom stereocenters. The molecule has 0 aromatic rings. The lowest BCUT2D eigenvalue weighted by atomic mass is 9.75. The Labute approximate surface area is 86.0 Å². The highest BCUT2D eigenvalue weighted by Gasteiger charge is 2.32. The number of hydrogen-bond acceptors (Lipinski definition) is 2. The van der Waals surface area contributed by atoms with E-state index in [4.69, 9.17) is 10.5 Å². The van der Waals surface area contributed by atoms with Crippen molar-refractivity contribution in [2.75, 3.05) is 0 Å². The molecule has 0 heterocycles. The molecule has 3 nitrogen and oxygen atoms in total. The average molecular weight is 199 g/mol. The highest BCUT2D eigenvalue weighted by atomic mass is 16.6. The lowest BCUT2D eigenvalue weighted by Crippen LogP contribution is -2.37. The zero-order valence-electron chi connectivity index (χ0n) is 9.32. The van der Waals surface area contributed by atoms with Crippen molar-refractivity contribution in [1.29, 1.82) is 0 Å². The third-order valence-electron chi connectivity index (χ3n) is 3.23. The van der Waals surface area contributed by atoms with E-state index < -0.39 is 6.09 Å². The van der Waals surface area contributed by atoms with E-state index in [9.17, 15) is 4.79 Å². The van der Waals surface area contributed by atoms with Gasteiger partial charge in [0, 0.05) is 0 Å². The van der Waals surface area contributed by atoms with Crippen LogP contribution in [0.15, 0.2) is 0 Å². The van der Waals surface area contributed by atoms with E-state index in [-0.39, 0.29) is 6.10 Å². The third-order valence-corrected chi connectivity index (χ3v) is 3.23. The smallest absolute Gasteiger partial charge is 0.404 e. The van der Waals surface area contributed by atoms with E-state index >= 15 is 0 Å². The van der Waals surface area contributed by atoms with Gasteiger partial charge < -0.3 is 10.5 Å². The summed E-state index contributed by atoms with van der Waals surface area (Å²) >= 11 is 0. The van der Waals surface area contributed by atoms with Crippen LogP contribution >= 0.6 is 0 Å². The summed E-state index contributed by atoms with van der Waals surface area (Å²) in [6, 6.07) is 0. The van der Waals surface area contributed by atoms with Crippen LogP contribution in [0.3, 0.4) is 0 Å². The van der Waals surface area contributed by atoms with Crippen LogP contribution in [0.25, 0.3) is 0 Å². The molecular formula is C11H21NO2. The molecule has 0 radical (unpaired) electrons. The highest BCUT2D eigenvalue weighted by molar-refractivity contribution is 5.64. The lowest BCUT2D eigenvalue weighted by Gasteiger charge is -2.36. The minimum atomic E-state index is -0.630. The van der Waals surface area contributed by atoms with Crippen molar-refractivity contribution in [2.24, 2.45) is 23.5 Å². The standard InChI is InChI=1S/C11H21NO2/c1-7(2)9-5-4-8(3)6-10(9)14-11(12)13/h7-10H,4-6H2,1-3H3,(H2,12,13)/t8-,9+,10-/m0/s1. The van der Waals surface area contributed by atoms with Crippen LogP contribution in [-0.2, 0) is 4.74 Å². The first kappa shape index (κ1) is 11.3. The Morgan fingerprint density at radius 1 is 1.43 bits per heavy atom. The van der Waals surface area contributed by atoms with Crippen LogP contribution in [0.5, 0.6) is 0 Å². The van der Waals surface area contributed by atoms with Gasteiger partial charge in [-0.1, -0.05) is 27.2 Å². The molecule has 1 amide bonds. The van der Waals surface area contributed by atoms with Crippen molar-refractivity contribution in [3.63, 3.8) is 0 Å². The summed E-state index contributed by atoms with van der Waals surface area (Å²) in [7, 11) is 0. The zero-order valence-corrected chi connectivity index (χ0v) is 9.32. The Morgan fingerprint density at radius 2 is 2.07 bits per heavy atom. The van der Waals surface area contributed by atoms with Crippen LogP contribution in [0.2, 0.25) is 0 Å². The van der Waals surface area contributed by atoms with Crippen molar-refractivity contribution in [3.05, 3.63) is 0 Å². The van der Waals surface area contributed by atoms with Crippen LogP contribution in [-0.4, -0.2) is 12.2 Å². The second-order valence-electron chi connectivity index (χ2n) is 4.80. The first-order valence-electron chi connectivity index (χ1n) is 5.46. The maximum atomic E-state index is 10.7. The van der Waals surface area contributed by atoms with Crippen molar-refractivity contribution in [1.82, 2.24) is 0 Å². The fourth-order valence-electron chi connectivity index (χ4n) is 2.40. The van der Waals surface area contributed by atoms with E-state index in [2.05, 4.69) is 20.8 Å². The molecule has 82 valence electrons. The molecule has 0 saturated heterocycles. The van der Waals surface area contributed by atoms with Gasteiger partial charge in [0.25, 0.3) is 0 Å². The number of nitrogens with two attached hydrogens (primary N) is 1. The summed E-state index contributed by atoms with van der Waals surface area (Å²) in [6.45, 7) is 6.56. The monoisotopic (exact) mass is 199 g/mol. The van der Waals surface area contributed by atoms with E-state index in [0.717, 1.165) is 12.8 Å². The topological polar surface area (TPSA) is 52.3 Å². The quantitative estimate of drug-likeness (QED) is 0.743. The fourth-order valence-corrected chi connectivity index (χ4v) is 2.40. The van der Waals surface area contributed by atoms with Gasteiger partial charge in [-0.15, -0.1) is 0 Å². The molecule has 0 aromatic carbocycles. The van der Waals surface area contributed by atoms with Crippen LogP contribution in [0.1, 0.15) is 40.0 Å². The molecule has 3 heteroatoms. The van der Waals surface area contributed by atoms with Crippen molar-refractivity contribution < 1.29 is 9.53 Å². The van der Waals surface area contributed by atoms with Gasteiger partial charge in [0.05, 0.1) is 0 Å². The van der Waals surface area contributed by atoms with Crippen LogP contribution in [0.4, 0.5) is 4.79 Å². The summed E-state index contributed by atoms with van der Waals surface area (Å²) < 4.78 is 5.17. The zero-order chi connectivity index (χ0) is 10.7. The van der Waals surface area contributed by atoms with E-state index in [1.54, 1.807) is 0 Å². The van der Waals surface area contributed by atoms with Gasteiger partial charge in [0.1, 0.15) is 6.10 Å². The van der Waals surface area contributed by atoms with Gasteiger partial charge in [-0.3, -0.25) is 0 Å². The van der Waals surface area contributed by atoms with E-state index in [0.29, 0.717) is 17.8 Å². The number of ether oxygens (including phenoxy) is 1. The molecule has 1 rings (SSSR count). The second-order valence-corrected chi connectivity index (χ2v) is 4.80. The van der Waals surface area contributed by atoms with E-state index in [1.165, 1.54) is 6.42 Å². The largest absolute Gasteiger partial charge is 0.446 e. The molecule has 0 bridgehead atoms. The second kappa shape index (κ2) is 4.67. The molecule has 1 aliphatic carbocycles. The van der Waals surface area contributed by atoms with Gasteiger partial charge in [-0.2, -0.15) is 0 Å². The summed E-state index contributed by atoms with van der Waals surface area (Å²) in [5.74, 6) is 1.69. The Morgan fingerprint density at radius 3 is 2.57 bits per heavy atom. The Balaban J connectivity index is 2.58. The number of amides is 1. The maximum Gasteiger partial charge on any atom is 0.404 e. The molecule has 3 atom stereocenters. The summed E-state index contributed by atoms with van der Waals surface area (Å²) in [6.07, 6.45) is 2.76. The first-order valence-corrected chi connectivity index (χ1v) is 5.46. The SMILES string of the molecule is CC(C)[C@H]1CC[C@H](C)C[C@@H]1OC(N)=O. The molecule has 2 N–H and O–H groups in total.